The number of rotatable bonds is 6. The second-order valence-electron chi connectivity index (χ2n) is 11.4. The topological polar surface area (TPSA) is 172 Å². The Labute approximate surface area is 241 Å². The molecule has 0 aromatic carbocycles. The first-order valence-corrected chi connectivity index (χ1v) is 14.0. The number of aliphatic hydroxyl groups excluding tert-OH is 3. The summed E-state index contributed by atoms with van der Waals surface area (Å²) in [4.78, 5) is 39.3. The molecule has 2 aliphatic heterocycles. The fourth-order valence-electron chi connectivity index (χ4n) is 5.35. The van der Waals surface area contributed by atoms with Crippen LogP contribution >= 0.6 is 0 Å². The molecule has 12 nitrogen and oxygen atoms in total. The summed E-state index contributed by atoms with van der Waals surface area (Å²) in [7, 11) is 4.64. The van der Waals surface area contributed by atoms with E-state index in [0.717, 1.165) is 0 Å². The third kappa shape index (κ3) is 9.67. The van der Waals surface area contributed by atoms with E-state index in [-0.39, 0.29) is 18.1 Å². The summed E-state index contributed by atoms with van der Waals surface area (Å²) in [5, 5.41) is 42.7. The molecule has 2 aliphatic rings. The van der Waals surface area contributed by atoms with Crippen LogP contribution in [-0.4, -0.2) is 119 Å². The highest BCUT2D eigenvalue weighted by Gasteiger charge is 2.48. The number of carbonyl (C=O) groups excluding carboxylic acids is 2. The molecule has 3 unspecified atom stereocenters. The Morgan fingerprint density at radius 1 is 1.02 bits per heavy atom. The molecule has 0 aromatic heterocycles. The molecule has 0 spiro atoms. The zero-order valence-corrected chi connectivity index (χ0v) is 25.0. The number of aliphatic carboxylic acids is 1. The maximum absolute atomic E-state index is 12.9. The number of carbonyl (C=O) groups is 3. The monoisotopic (exact) mass is 585 g/mol. The van der Waals surface area contributed by atoms with Gasteiger partial charge in [0.05, 0.1) is 43.3 Å². The number of ketones is 1. The molecule has 234 valence electrons. The van der Waals surface area contributed by atoms with Gasteiger partial charge in [-0.15, -0.1) is 0 Å². The Kier molecular flexibility index (Phi) is 13.6. The third-order valence-corrected chi connectivity index (χ3v) is 7.93. The first kappa shape index (κ1) is 35.0. The van der Waals surface area contributed by atoms with Gasteiger partial charge in [0.15, 0.2) is 12.1 Å². The number of hydrogen-bond acceptors (Lipinski definition) is 11. The van der Waals surface area contributed by atoms with Crippen molar-refractivity contribution >= 4 is 17.7 Å². The van der Waals surface area contributed by atoms with Gasteiger partial charge in [0.25, 0.3) is 0 Å². The third-order valence-electron chi connectivity index (χ3n) is 7.93. The molecular formula is C29H47NO11. The van der Waals surface area contributed by atoms with Crippen LogP contribution < -0.4 is 0 Å². The van der Waals surface area contributed by atoms with Crippen LogP contribution in [0.2, 0.25) is 0 Å². The quantitative estimate of drug-likeness (QED) is 0.325. The van der Waals surface area contributed by atoms with Gasteiger partial charge in [-0.2, -0.15) is 0 Å². The van der Waals surface area contributed by atoms with Gasteiger partial charge < -0.3 is 44.3 Å². The van der Waals surface area contributed by atoms with Gasteiger partial charge in [0, 0.05) is 18.9 Å². The van der Waals surface area contributed by atoms with Gasteiger partial charge in [-0.05, 0) is 46.4 Å². The number of cyclic esters (lactones) is 1. The second kappa shape index (κ2) is 15.9. The fourth-order valence-corrected chi connectivity index (χ4v) is 5.35. The Morgan fingerprint density at radius 2 is 1.68 bits per heavy atom. The van der Waals surface area contributed by atoms with Crippen LogP contribution in [0.15, 0.2) is 24.3 Å². The number of carboxylic acids is 1. The van der Waals surface area contributed by atoms with Crippen molar-refractivity contribution in [3.05, 3.63) is 24.3 Å². The number of esters is 1. The first-order chi connectivity index (χ1) is 19.2. The maximum atomic E-state index is 12.9. The van der Waals surface area contributed by atoms with E-state index in [1.165, 1.54) is 13.2 Å². The maximum Gasteiger partial charge on any atom is 0.308 e. The largest absolute Gasteiger partial charge is 0.481 e. The first-order valence-electron chi connectivity index (χ1n) is 14.0. The fraction of sp³-hybridized carbons (Fsp3) is 0.759. The van der Waals surface area contributed by atoms with Crippen LogP contribution in [0.1, 0.15) is 47.0 Å². The van der Waals surface area contributed by atoms with Crippen LogP contribution in [-0.2, 0) is 33.3 Å². The number of nitrogens with zero attached hydrogens (tertiary/aromatic N) is 1. The Morgan fingerprint density at radius 3 is 2.27 bits per heavy atom. The summed E-state index contributed by atoms with van der Waals surface area (Å²) in [5.41, 5.74) is 0. The van der Waals surface area contributed by atoms with Crippen molar-refractivity contribution in [1.82, 2.24) is 4.90 Å². The van der Waals surface area contributed by atoms with Gasteiger partial charge in [-0.25, -0.2) is 0 Å². The summed E-state index contributed by atoms with van der Waals surface area (Å²) < 4.78 is 23.1. The van der Waals surface area contributed by atoms with Crippen LogP contribution in [0, 0.1) is 17.8 Å². The number of hydrogen-bond donors (Lipinski definition) is 4. The van der Waals surface area contributed by atoms with Crippen molar-refractivity contribution in [3.63, 3.8) is 0 Å². The minimum Gasteiger partial charge on any atom is -0.481 e. The highest BCUT2D eigenvalue weighted by Crippen LogP contribution is 2.33. The van der Waals surface area contributed by atoms with Gasteiger partial charge in [0.1, 0.15) is 18.3 Å². The molecule has 2 rings (SSSR count). The van der Waals surface area contributed by atoms with Crippen LogP contribution in [0.25, 0.3) is 0 Å². The average Bonchev–Trinajstić information content (AvgIpc) is 2.87. The molecule has 1 saturated heterocycles. The normalized spacial score (nSPS) is 41.5. The predicted molar refractivity (Wildman–Crippen MR) is 148 cm³/mol. The van der Waals surface area contributed by atoms with E-state index in [1.54, 1.807) is 58.0 Å². The van der Waals surface area contributed by atoms with Crippen molar-refractivity contribution in [2.45, 2.75) is 102 Å². The summed E-state index contributed by atoms with van der Waals surface area (Å²) >= 11 is 0. The molecule has 12 atom stereocenters. The molecule has 2 heterocycles. The summed E-state index contributed by atoms with van der Waals surface area (Å²) in [5.74, 6) is -3.83. The zero-order chi connectivity index (χ0) is 31.0. The van der Waals surface area contributed by atoms with Gasteiger partial charge >= 0.3 is 11.9 Å². The summed E-state index contributed by atoms with van der Waals surface area (Å²) in [6, 6.07) is -0.782. The number of aliphatic hydroxyl groups is 3. The van der Waals surface area contributed by atoms with Crippen LogP contribution in [0.4, 0.5) is 0 Å². The number of likely N-dealkylation sites (N-methyl/N-ethyl adjacent to an activating group) is 1. The molecule has 0 amide bonds. The molecule has 1 fully saturated rings. The molecule has 12 heteroatoms. The number of ether oxygens (including phenoxy) is 4. The second-order valence-corrected chi connectivity index (χ2v) is 11.4. The predicted octanol–water partition coefficient (Wildman–Crippen LogP) is 0.914. The molecule has 0 radical (unpaired) electrons. The minimum absolute atomic E-state index is 0.0341. The number of methoxy groups -OCH3 is 1. The summed E-state index contributed by atoms with van der Waals surface area (Å²) in [6.45, 7) is 6.83. The minimum atomic E-state index is -1.49. The van der Waals surface area contributed by atoms with Gasteiger partial charge in [0.2, 0.25) is 0 Å². The van der Waals surface area contributed by atoms with E-state index in [1.807, 2.05) is 6.92 Å². The van der Waals surface area contributed by atoms with Crippen LogP contribution in [0.3, 0.4) is 0 Å². The van der Waals surface area contributed by atoms with Crippen molar-refractivity contribution in [2.75, 3.05) is 21.2 Å². The highest BCUT2D eigenvalue weighted by molar-refractivity contribution is 5.91. The molecular weight excluding hydrogens is 538 g/mol. The summed E-state index contributed by atoms with van der Waals surface area (Å²) in [6.07, 6.45) is -3.50. The highest BCUT2D eigenvalue weighted by atomic mass is 16.7. The number of allylic oxidation sites excluding steroid dienone is 3. The lowest BCUT2D eigenvalue weighted by molar-refractivity contribution is -0.309. The average molecular weight is 586 g/mol. The molecule has 0 bridgehead atoms. The van der Waals surface area contributed by atoms with Crippen molar-refractivity contribution in [1.29, 1.82) is 0 Å². The van der Waals surface area contributed by atoms with Gasteiger partial charge in [-0.1, -0.05) is 32.1 Å². The van der Waals surface area contributed by atoms with E-state index < -0.39 is 91.7 Å². The Bertz CT molecular complexity index is 938. The van der Waals surface area contributed by atoms with E-state index in [9.17, 15) is 34.8 Å². The van der Waals surface area contributed by atoms with E-state index in [2.05, 4.69) is 0 Å². The zero-order valence-electron chi connectivity index (χ0n) is 25.0. The lowest BCUT2D eigenvalue weighted by Crippen LogP contribution is -2.63. The SMILES string of the molecule is CO[C@@H]1[C@@H](O[C@@H]2O[C@@H](C)C(O)C(N(C)C)C2O)[C@@H](CC(=O)O)C[C@@H](C)C(=O)/C=C/C=C/[C@H](C)[C@@H](C)OC(=O)C[C@H]1O. The van der Waals surface area contributed by atoms with Crippen molar-refractivity contribution in [2.24, 2.45) is 17.8 Å². The molecule has 0 aromatic rings. The van der Waals surface area contributed by atoms with E-state index in [0.29, 0.717) is 0 Å². The molecule has 0 saturated carbocycles. The Balaban J connectivity index is 2.55. The lowest BCUT2D eigenvalue weighted by Gasteiger charge is -2.46. The van der Waals surface area contributed by atoms with Crippen LogP contribution in [0.5, 0.6) is 0 Å². The lowest BCUT2D eigenvalue weighted by atomic mass is 9.82. The van der Waals surface area contributed by atoms with Crippen molar-refractivity contribution < 1.29 is 53.8 Å². The standard InChI is InChI=1S/C29H47NO11/c1-15-10-8-9-11-20(31)16(2)12-19(13-22(33)34)27(28(38-7)21(32)14-23(35)39-17(15)3)41-29-26(37)24(30(5)6)25(36)18(4)40-29/h8-11,15-19,21,24-29,32,36-37H,12-14H2,1-7H3,(H,33,34)/b10-8+,11-9+/t15-,16+,17+,18-,19+,21+,24?,25?,26?,27-,28-,29-/m0/s1. The molecule has 0 aliphatic carbocycles. The van der Waals surface area contributed by atoms with Crippen molar-refractivity contribution in [3.8, 4) is 0 Å². The number of carboxylic acid groups (broad SMARTS) is 1. The smallest absolute Gasteiger partial charge is 0.308 e. The molecule has 4 N–H and O–H groups in total. The Hall–Kier alpha value is -2.19. The van der Waals surface area contributed by atoms with E-state index in [4.69, 9.17) is 18.9 Å². The molecule has 41 heavy (non-hydrogen) atoms. The van der Waals surface area contributed by atoms with Gasteiger partial charge in [-0.3, -0.25) is 14.4 Å². The van der Waals surface area contributed by atoms with E-state index >= 15 is 0 Å².